The second-order valence-electron chi connectivity index (χ2n) is 6.80. The fourth-order valence-electron chi connectivity index (χ4n) is 3.30. The lowest BCUT2D eigenvalue weighted by atomic mass is 9.89. The molecule has 0 radical (unpaired) electrons. The molecule has 0 spiro atoms. The van der Waals surface area contributed by atoms with E-state index >= 15 is 0 Å². The first kappa shape index (κ1) is 16.0. The summed E-state index contributed by atoms with van der Waals surface area (Å²) >= 11 is 0. The van der Waals surface area contributed by atoms with Gasteiger partial charge in [-0.15, -0.1) is 0 Å². The van der Waals surface area contributed by atoms with Crippen LogP contribution in [0.2, 0.25) is 0 Å². The Morgan fingerprint density at radius 1 is 1.39 bits per heavy atom. The molecule has 23 heavy (non-hydrogen) atoms. The quantitative estimate of drug-likeness (QED) is 0.940. The number of likely N-dealkylation sites (tertiary alicyclic amines) is 1. The van der Waals surface area contributed by atoms with Crippen molar-refractivity contribution in [2.75, 3.05) is 27.2 Å². The van der Waals surface area contributed by atoms with E-state index in [9.17, 15) is 9.90 Å². The zero-order valence-corrected chi connectivity index (χ0v) is 13.8. The highest BCUT2D eigenvalue weighted by Gasteiger charge is 2.35. The number of hydrogen-bond donors (Lipinski definition) is 1. The van der Waals surface area contributed by atoms with E-state index in [4.69, 9.17) is 4.42 Å². The Morgan fingerprint density at radius 3 is 3.00 bits per heavy atom. The third kappa shape index (κ3) is 3.74. The van der Waals surface area contributed by atoms with Gasteiger partial charge in [0.05, 0.1) is 18.3 Å². The molecule has 1 fully saturated rings. The van der Waals surface area contributed by atoms with Gasteiger partial charge in [-0.25, -0.2) is 0 Å². The molecule has 1 amide bonds. The number of piperidine rings is 1. The average molecular weight is 316 g/mol. The number of β-amino-alcohol motifs (C(OH)–C–C–N with tert-alkyl or cyclic N) is 1. The Bertz CT molecular complexity index is 694. The lowest BCUT2D eigenvalue weighted by Crippen LogP contribution is -2.50. The number of carbonyl (C=O) groups excluding carboxylic acids is 1. The zero-order chi connectivity index (χ0) is 16.4. The molecule has 1 N–H and O–H groups in total. The second-order valence-corrected chi connectivity index (χ2v) is 6.80. The minimum atomic E-state index is -0.917. The summed E-state index contributed by atoms with van der Waals surface area (Å²) in [4.78, 5) is 15.7. The van der Waals surface area contributed by atoms with Crippen LogP contribution in [0.5, 0.6) is 0 Å². The molecule has 5 nitrogen and oxygen atoms in total. The van der Waals surface area contributed by atoms with Crippen LogP contribution in [-0.2, 0) is 11.3 Å². The molecule has 1 saturated heterocycles. The van der Waals surface area contributed by atoms with E-state index in [1.165, 1.54) is 5.56 Å². The minimum absolute atomic E-state index is 0.0193. The molecule has 2 aromatic rings. The summed E-state index contributed by atoms with van der Waals surface area (Å²) in [5, 5.41) is 11.9. The molecule has 1 aliphatic rings. The number of rotatable bonds is 4. The van der Waals surface area contributed by atoms with E-state index in [2.05, 4.69) is 17.0 Å². The molecular formula is C18H24N2O3. The maximum Gasteiger partial charge on any atom is 0.224 e. The second kappa shape index (κ2) is 6.34. The summed E-state index contributed by atoms with van der Waals surface area (Å²) < 4.78 is 5.37. The van der Waals surface area contributed by atoms with Crippen molar-refractivity contribution < 1.29 is 14.3 Å². The molecule has 0 aliphatic carbocycles. The number of carbonyl (C=O) groups is 1. The van der Waals surface area contributed by atoms with Crippen molar-refractivity contribution in [3.05, 3.63) is 36.1 Å². The number of nitrogens with zero attached hydrogens (tertiary/aromatic N) is 2. The summed E-state index contributed by atoms with van der Waals surface area (Å²) in [5.74, 6) is -0.0193. The van der Waals surface area contributed by atoms with Gasteiger partial charge in [0.15, 0.2) is 0 Å². The summed E-state index contributed by atoms with van der Waals surface area (Å²) in [6.07, 6.45) is 3.48. The van der Waals surface area contributed by atoms with Crippen molar-refractivity contribution in [1.29, 1.82) is 0 Å². The normalized spacial score (nSPS) is 22.4. The lowest BCUT2D eigenvalue weighted by Gasteiger charge is -2.39. The molecule has 0 saturated carbocycles. The molecule has 1 unspecified atom stereocenters. The first-order valence-corrected chi connectivity index (χ1v) is 8.06. The van der Waals surface area contributed by atoms with Gasteiger partial charge in [-0.05, 0) is 43.1 Å². The van der Waals surface area contributed by atoms with Crippen LogP contribution >= 0.6 is 0 Å². The van der Waals surface area contributed by atoms with Gasteiger partial charge in [0.2, 0.25) is 5.91 Å². The largest absolute Gasteiger partial charge is 0.464 e. The summed E-state index contributed by atoms with van der Waals surface area (Å²) in [7, 11) is 3.46. The molecule has 5 heteroatoms. The van der Waals surface area contributed by atoms with E-state index in [1.807, 2.05) is 12.1 Å². The smallest absolute Gasteiger partial charge is 0.224 e. The Balaban J connectivity index is 1.67. The van der Waals surface area contributed by atoms with E-state index < -0.39 is 5.60 Å². The van der Waals surface area contributed by atoms with E-state index in [0.29, 0.717) is 13.0 Å². The average Bonchev–Trinajstić information content (AvgIpc) is 2.94. The maximum absolute atomic E-state index is 11.9. The van der Waals surface area contributed by atoms with Crippen LogP contribution in [-0.4, -0.2) is 53.6 Å². The van der Waals surface area contributed by atoms with Crippen LogP contribution in [0, 0.1) is 0 Å². The number of hydrogen-bond acceptors (Lipinski definition) is 4. The molecule has 124 valence electrons. The molecular weight excluding hydrogens is 292 g/mol. The van der Waals surface area contributed by atoms with Crippen LogP contribution in [0.1, 0.15) is 24.8 Å². The van der Waals surface area contributed by atoms with Crippen LogP contribution in [0.25, 0.3) is 11.0 Å². The topological polar surface area (TPSA) is 56.9 Å². The highest BCUT2D eigenvalue weighted by molar-refractivity contribution is 5.77. The number of aliphatic hydroxyl groups is 1. The first-order valence-electron chi connectivity index (χ1n) is 8.06. The predicted molar refractivity (Wildman–Crippen MR) is 89.0 cm³/mol. The van der Waals surface area contributed by atoms with Crippen LogP contribution < -0.4 is 0 Å². The predicted octanol–water partition coefficient (Wildman–Crippen LogP) is 2.24. The van der Waals surface area contributed by atoms with Crippen molar-refractivity contribution >= 4 is 16.9 Å². The van der Waals surface area contributed by atoms with Crippen LogP contribution in [0.3, 0.4) is 0 Å². The Kier molecular flexibility index (Phi) is 4.41. The van der Waals surface area contributed by atoms with Crippen molar-refractivity contribution in [1.82, 2.24) is 9.80 Å². The third-order valence-corrected chi connectivity index (χ3v) is 4.54. The fourth-order valence-corrected chi connectivity index (χ4v) is 3.30. The van der Waals surface area contributed by atoms with Gasteiger partial charge >= 0.3 is 0 Å². The molecule has 1 aromatic heterocycles. The van der Waals surface area contributed by atoms with Gasteiger partial charge in [0.25, 0.3) is 0 Å². The molecule has 1 aromatic carbocycles. The first-order chi connectivity index (χ1) is 11.0. The van der Waals surface area contributed by atoms with Crippen molar-refractivity contribution in [2.24, 2.45) is 0 Å². The van der Waals surface area contributed by atoms with E-state index in [0.717, 1.165) is 30.5 Å². The van der Waals surface area contributed by atoms with Gasteiger partial charge in [0, 0.05) is 32.6 Å². The van der Waals surface area contributed by atoms with Crippen molar-refractivity contribution in [3.8, 4) is 0 Å². The SMILES string of the molecule is CN(C)C(=O)CC1(O)CCCN(Cc2ccc3occc3c2)C1. The van der Waals surface area contributed by atoms with Gasteiger partial charge in [0.1, 0.15) is 5.58 Å². The third-order valence-electron chi connectivity index (χ3n) is 4.54. The standard InChI is InChI=1S/C18H24N2O3/c1-19(2)17(21)11-18(22)7-3-8-20(13-18)12-14-4-5-16-15(10-14)6-9-23-16/h4-6,9-10,22H,3,7-8,11-13H2,1-2H3. The highest BCUT2D eigenvalue weighted by atomic mass is 16.3. The van der Waals surface area contributed by atoms with Gasteiger partial charge < -0.3 is 14.4 Å². The lowest BCUT2D eigenvalue weighted by molar-refractivity contribution is -0.136. The zero-order valence-electron chi connectivity index (χ0n) is 13.8. The summed E-state index contributed by atoms with van der Waals surface area (Å²) in [6, 6.07) is 8.12. The van der Waals surface area contributed by atoms with Gasteiger partial charge in [-0.2, -0.15) is 0 Å². The number of fused-ring (bicyclic) bond motifs is 1. The molecule has 1 aliphatic heterocycles. The fraction of sp³-hybridized carbons (Fsp3) is 0.500. The Morgan fingerprint density at radius 2 is 2.22 bits per heavy atom. The number of benzene rings is 1. The highest BCUT2D eigenvalue weighted by Crippen LogP contribution is 2.27. The number of furan rings is 1. The molecule has 3 rings (SSSR count). The maximum atomic E-state index is 11.9. The van der Waals surface area contributed by atoms with E-state index in [1.54, 1.807) is 25.3 Å². The minimum Gasteiger partial charge on any atom is -0.464 e. The number of amides is 1. The Hall–Kier alpha value is -1.85. The van der Waals surface area contributed by atoms with Crippen molar-refractivity contribution in [2.45, 2.75) is 31.4 Å². The van der Waals surface area contributed by atoms with Crippen molar-refractivity contribution in [3.63, 3.8) is 0 Å². The van der Waals surface area contributed by atoms with Gasteiger partial charge in [-0.1, -0.05) is 6.07 Å². The molecule has 0 bridgehead atoms. The molecule has 2 heterocycles. The Labute approximate surface area is 136 Å². The monoisotopic (exact) mass is 316 g/mol. The van der Waals surface area contributed by atoms with Crippen LogP contribution in [0.4, 0.5) is 0 Å². The summed E-state index contributed by atoms with van der Waals surface area (Å²) in [6.45, 7) is 2.26. The van der Waals surface area contributed by atoms with Gasteiger partial charge in [-0.3, -0.25) is 9.69 Å². The summed E-state index contributed by atoms with van der Waals surface area (Å²) in [5.41, 5.74) is 1.17. The van der Waals surface area contributed by atoms with Crippen LogP contribution in [0.15, 0.2) is 34.9 Å². The molecule has 1 atom stereocenters. The van der Waals surface area contributed by atoms with E-state index in [-0.39, 0.29) is 12.3 Å².